The average Bonchev–Trinajstić information content (AvgIpc) is 3.07. The number of carboxylic acid groups (broad SMARTS) is 1. The summed E-state index contributed by atoms with van der Waals surface area (Å²) in [6.07, 6.45) is 1.80. The Labute approximate surface area is 231 Å². The van der Waals surface area contributed by atoms with Gasteiger partial charge in [-0.2, -0.15) is 0 Å². The number of carboxylic acids is 1. The van der Waals surface area contributed by atoms with E-state index in [0.717, 1.165) is 24.5 Å². The number of carbonyl (C=O) groups excluding carboxylic acids is 1. The molecule has 3 aromatic rings. The fraction of sp³-hybridized carbons (Fsp3) is 0.0800. The zero-order valence-corrected chi connectivity index (χ0v) is 23.7. The molecule has 0 spiro atoms. The maximum Gasteiger partial charge on any atom is 0.335 e. The number of amides is 1. The van der Waals surface area contributed by atoms with Crippen molar-refractivity contribution in [1.29, 1.82) is 0 Å². The zero-order valence-electron chi connectivity index (χ0n) is 18.2. The fourth-order valence-corrected chi connectivity index (χ4v) is 5.83. The minimum Gasteiger partial charge on any atom is -0.487 e. The van der Waals surface area contributed by atoms with Gasteiger partial charge in [0.1, 0.15) is 12.4 Å². The molecule has 1 aliphatic heterocycles. The SMILES string of the molecule is CN1C(=O)/C(=C/c2cc(Br)c(OCc3ccc(Br)cc3)c(Br)c2)SC1=Nc1ccc(C(=O)O)cc1. The van der Waals surface area contributed by atoms with Crippen LogP contribution in [0.3, 0.4) is 0 Å². The van der Waals surface area contributed by atoms with Crippen molar-refractivity contribution < 1.29 is 19.4 Å². The minimum absolute atomic E-state index is 0.168. The Morgan fingerprint density at radius 3 is 2.29 bits per heavy atom. The maximum atomic E-state index is 12.8. The standard InChI is InChI=1S/C25H17Br3N2O4S/c1-30-23(31)21(35-25(30)29-18-8-4-16(5-9-18)24(32)33)12-15-10-19(27)22(20(28)11-15)34-13-14-2-6-17(26)7-3-14/h2-12H,13H2,1H3,(H,32,33)/b21-12-,29-25?. The molecule has 35 heavy (non-hydrogen) atoms. The van der Waals surface area contributed by atoms with Gasteiger partial charge < -0.3 is 9.84 Å². The largest absolute Gasteiger partial charge is 0.487 e. The van der Waals surface area contributed by atoms with Crippen LogP contribution in [0.25, 0.3) is 6.08 Å². The second-order valence-corrected chi connectivity index (χ2v) is 11.1. The number of benzene rings is 3. The average molecular weight is 681 g/mol. The Morgan fingerprint density at radius 2 is 1.69 bits per heavy atom. The fourth-order valence-electron chi connectivity index (χ4n) is 3.13. The van der Waals surface area contributed by atoms with Gasteiger partial charge in [0.05, 0.1) is 25.1 Å². The molecule has 1 fully saturated rings. The molecule has 0 atom stereocenters. The molecule has 4 rings (SSSR count). The van der Waals surface area contributed by atoms with Crippen LogP contribution >= 0.6 is 59.6 Å². The summed E-state index contributed by atoms with van der Waals surface area (Å²) in [6.45, 7) is 0.414. The first-order valence-electron chi connectivity index (χ1n) is 10.2. The van der Waals surface area contributed by atoms with Crippen molar-refractivity contribution in [3.05, 3.63) is 95.7 Å². The van der Waals surface area contributed by atoms with Crippen molar-refractivity contribution in [2.45, 2.75) is 6.61 Å². The van der Waals surface area contributed by atoms with E-state index >= 15 is 0 Å². The quantitative estimate of drug-likeness (QED) is 0.273. The van der Waals surface area contributed by atoms with Gasteiger partial charge in [0.2, 0.25) is 0 Å². The zero-order chi connectivity index (χ0) is 25.1. The van der Waals surface area contributed by atoms with Gasteiger partial charge in [-0.15, -0.1) is 0 Å². The van der Waals surface area contributed by atoms with E-state index in [1.807, 2.05) is 36.4 Å². The molecule has 0 aliphatic carbocycles. The number of likely N-dealkylation sites (N-methyl/N-ethyl adjacent to an activating group) is 1. The van der Waals surface area contributed by atoms with E-state index in [4.69, 9.17) is 9.84 Å². The Bertz CT molecular complexity index is 1330. The highest BCUT2D eigenvalue weighted by molar-refractivity contribution is 9.11. The highest BCUT2D eigenvalue weighted by atomic mass is 79.9. The minimum atomic E-state index is -1.00. The normalized spacial score (nSPS) is 15.8. The molecule has 3 aromatic carbocycles. The molecule has 1 amide bonds. The van der Waals surface area contributed by atoms with Crippen LogP contribution < -0.4 is 4.74 Å². The molecule has 1 N–H and O–H groups in total. The highest BCUT2D eigenvalue weighted by Crippen LogP contribution is 2.38. The van der Waals surface area contributed by atoms with Crippen LogP contribution in [0.15, 0.2) is 84.0 Å². The molecule has 1 aliphatic rings. The molecule has 1 saturated heterocycles. The molecule has 1 heterocycles. The summed E-state index contributed by atoms with van der Waals surface area (Å²) >= 11 is 11.8. The summed E-state index contributed by atoms with van der Waals surface area (Å²) in [5.41, 5.74) is 2.60. The molecular weight excluding hydrogens is 664 g/mol. The molecule has 178 valence electrons. The van der Waals surface area contributed by atoms with Gasteiger partial charge in [0.25, 0.3) is 5.91 Å². The van der Waals surface area contributed by atoms with Gasteiger partial charge in [-0.3, -0.25) is 9.69 Å². The second-order valence-electron chi connectivity index (χ2n) is 7.45. The van der Waals surface area contributed by atoms with Crippen LogP contribution in [0.1, 0.15) is 21.5 Å². The van der Waals surface area contributed by atoms with Crippen molar-refractivity contribution in [2.24, 2.45) is 4.99 Å². The molecule has 0 saturated carbocycles. The highest BCUT2D eigenvalue weighted by Gasteiger charge is 2.30. The number of rotatable bonds is 6. The van der Waals surface area contributed by atoms with Gasteiger partial charge >= 0.3 is 5.97 Å². The van der Waals surface area contributed by atoms with Crippen molar-refractivity contribution in [1.82, 2.24) is 4.90 Å². The predicted octanol–water partition coefficient (Wildman–Crippen LogP) is 7.49. The lowest BCUT2D eigenvalue weighted by Crippen LogP contribution is -2.23. The van der Waals surface area contributed by atoms with E-state index < -0.39 is 5.97 Å². The first-order valence-corrected chi connectivity index (χ1v) is 13.4. The van der Waals surface area contributed by atoms with Crippen LogP contribution in [-0.2, 0) is 11.4 Å². The first kappa shape index (κ1) is 25.7. The molecule has 0 aromatic heterocycles. The third-order valence-corrected chi connectivity index (χ3v) is 7.72. The summed E-state index contributed by atoms with van der Waals surface area (Å²) in [5, 5.41) is 9.55. The predicted molar refractivity (Wildman–Crippen MR) is 149 cm³/mol. The monoisotopic (exact) mass is 678 g/mol. The van der Waals surface area contributed by atoms with E-state index in [1.165, 1.54) is 28.8 Å². The lowest BCUT2D eigenvalue weighted by Gasteiger charge is -2.12. The number of aromatic carboxylic acids is 1. The summed E-state index contributed by atoms with van der Waals surface area (Å²) in [5.74, 6) is -0.498. The van der Waals surface area contributed by atoms with Crippen LogP contribution in [0.5, 0.6) is 5.75 Å². The Hall–Kier alpha value is -2.40. The van der Waals surface area contributed by atoms with Gasteiger partial charge in [-0.1, -0.05) is 28.1 Å². The molecule has 6 nitrogen and oxygen atoms in total. The number of aliphatic imine (C=N–C) groups is 1. The van der Waals surface area contributed by atoms with E-state index in [9.17, 15) is 9.59 Å². The van der Waals surface area contributed by atoms with E-state index in [1.54, 1.807) is 25.3 Å². The molecular formula is C25H17Br3N2O4S. The number of ether oxygens (including phenoxy) is 1. The number of hydrogen-bond donors (Lipinski definition) is 1. The van der Waals surface area contributed by atoms with Crippen LogP contribution in [-0.4, -0.2) is 34.1 Å². The van der Waals surface area contributed by atoms with Crippen LogP contribution in [0.2, 0.25) is 0 Å². The van der Waals surface area contributed by atoms with Gasteiger partial charge in [-0.25, -0.2) is 9.79 Å². The summed E-state index contributed by atoms with van der Waals surface area (Å²) < 4.78 is 8.52. The van der Waals surface area contributed by atoms with E-state index in [0.29, 0.717) is 28.1 Å². The molecule has 10 heteroatoms. The number of hydrogen-bond acceptors (Lipinski definition) is 5. The Kier molecular flexibility index (Phi) is 8.16. The van der Waals surface area contributed by atoms with Crippen LogP contribution in [0, 0.1) is 0 Å². The van der Waals surface area contributed by atoms with Crippen molar-refractivity contribution in [3.63, 3.8) is 0 Å². The van der Waals surface area contributed by atoms with Gasteiger partial charge in [0.15, 0.2) is 5.17 Å². The number of halogens is 3. The summed E-state index contributed by atoms with van der Waals surface area (Å²) in [4.78, 5) is 30.3. The number of thioether (sulfide) groups is 1. The van der Waals surface area contributed by atoms with Crippen molar-refractivity contribution >= 4 is 88.4 Å². The number of nitrogens with zero attached hydrogens (tertiary/aromatic N) is 2. The number of carbonyl (C=O) groups is 2. The van der Waals surface area contributed by atoms with Gasteiger partial charge in [0, 0.05) is 11.5 Å². The Morgan fingerprint density at radius 1 is 1.06 bits per heavy atom. The lowest BCUT2D eigenvalue weighted by atomic mass is 10.2. The maximum absolute atomic E-state index is 12.8. The third-order valence-electron chi connectivity index (χ3n) is 4.96. The molecule has 0 unspecified atom stereocenters. The van der Waals surface area contributed by atoms with Gasteiger partial charge in [-0.05, 0) is 109 Å². The smallest absolute Gasteiger partial charge is 0.335 e. The first-order chi connectivity index (χ1) is 16.7. The summed E-state index contributed by atoms with van der Waals surface area (Å²) in [7, 11) is 1.66. The third kappa shape index (κ3) is 6.24. The second kappa shape index (κ2) is 11.1. The van der Waals surface area contributed by atoms with E-state index in [-0.39, 0.29) is 11.5 Å². The van der Waals surface area contributed by atoms with Crippen LogP contribution in [0.4, 0.5) is 5.69 Å². The lowest BCUT2D eigenvalue weighted by molar-refractivity contribution is -0.121. The van der Waals surface area contributed by atoms with Crippen molar-refractivity contribution in [3.8, 4) is 5.75 Å². The molecule has 0 bridgehead atoms. The molecule has 0 radical (unpaired) electrons. The topological polar surface area (TPSA) is 79.2 Å². The number of amidine groups is 1. The van der Waals surface area contributed by atoms with E-state index in [2.05, 4.69) is 52.8 Å². The summed E-state index contributed by atoms with van der Waals surface area (Å²) in [6, 6.07) is 17.9. The Balaban J connectivity index is 1.52. The van der Waals surface area contributed by atoms with Crippen molar-refractivity contribution in [2.75, 3.05) is 7.05 Å².